The zero-order valence-electron chi connectivity index (χ0n) is 11.1. The van der Waals surface area contributed by atoms with E-state index in [9.17, 15) is 14.3 Å². The van der Waals surface area contributed by atoms with Crippen LogP contribution in [-0.4, -0.2) is 23.3 Å². The maximum atomic E-state index is 13.8. The predicted molar refractivity (Wildman–Crippen MR) is 70.1 cm³/mol. The molecule has 1 aromatic rings. The third kappa shape index (κ3) is 2.89. The first-order chi connectivity index (χ1) is 8.78. The highest BCUT2D eigenvalue weighted by Gasteiger charge is 2.24. The van der Waals surface area contributed by atoms with E-state index >= 15 is 0 Å². The van der Waals surface area contributed by atoms with Gasteiger partial charge in [-0.15, -0.1) is 0 Å². The first-order valence-corrected chi connectivity index (χ1v) is 6.06. The van der Waals surface area contributed by atoms with Gasteiger partial charge in [0.2, 0.25) is 0 Å². The number of amides is 1. The molecule has 0 radical (unpaired) electrons. The second-order valence-corrected chi connectivity index (χ2v) is 5.41. The van der Waals surface area contributed by atoms with Crippen LogP contribution in [0, 0.1) is 5.82 Å². The lowest BCUT2D eigenvalue weighted by Crippen LogP contribution is -2.27. The van der Waals surface area contributed by atoms with Gasteiger partial charge in [0.1, 0.15) is 17.0 Å². The van der Waals surface area contributed by atoms with Crippen molar-refractivity contribution in [3.63, 3.8) is 0 Å². The Morgan fingerprint density at radius 3 is 2.84 bits per heavy atom. The molecule has 1 aliphatic rings. The van der Waals surface area contributed by atoms with Crippen molar-refractivity contribution in [1.29, 1.82) is 0 Å². The van der Waals surface area contributed by atoms with Crippen LogP contribution in [0.25, 0.3) is 0 Å². The van der Waals surface area contributed by atoms with Gasteiger partial charge in [-0.1, -0.05) is 0 Å². The number of anilines is 2. The van der Waals surface area contributed by atoms with Crippen molar-refractivity contribution in [3.8, 4) is 5.75 Å². The molecule has 0 saturated carbocycles. The van der Waals surface area contributed by atoms with E-state index in [1.54, 1.807) is 20.8 Å². The van der Waals surface area contributed by atoms with Crippen LogP contribution in [0.5, 0.6) is 5.75 Å². The molecular formula is C13H17FN2O3. The zero-order valence-corrected chi connectivity index (χ0v) is 11.1. The Morgan fingerprint density at radius 2 is 2.21 bits per heavy atom. The molecule has 0 aromatic heterocycles. The molecule has 0 bridgehead atoms. The molecule has 6 heteroatoms. The van der Waals surface area contributed by atoms with E-state index in [4.69, 9.17) is 4.74 Å². The van der Waals surface area contributed by atoms with Crippen molar-refractivity contribution in [3.05, 3.63) is 17.4 Å². The molecular weight excluding hydrogens is 251 g/mol. The Hall–Kier alpha value is -1.98. The van der Waals surface area contributed by atoms with Crippen molar-refractivity contribution in [1.82, 2.24) is 0 Å². The molecule has 104 valence electrons. The van der Waals surface area contributed by atoms with E-state index in [2.05, 4.69) is 10.6 Å². The van der Waals surface area contributed by atoms with Crippen molar-refractivity contribution in [2.75, 3.05) is 17.2 Å². The second kappa shape index (κ2) is 4.60. The van der Waals surface area contributed by atoms with Crippen LogP contribution >= 0.6 is 0 Å². The van der Waals surface area contributed by atoms with Gasteiger partial charge < -0.3 is 15.2 Å². The number of phenols is 1. The lowest BCUT2D eigenvalue weighted by molar-refractivity contribution is 0.0634. The van der Waals surface area contributed by atoms with E-state index in [1.807, 2.05) is 0 Å². The first kappa shape index (κ1) is 13.5. The largest absolute Gasteiger partial charge is 0.505 e. The van der Waals surface area contributed by atoms with E-state index in [-0.39, 0.29) is 11.4 Å². The summed E-state index contributed by atoms with van der Waals surface area (Å²) in [5.41, 5.74) is 0.239. The van der Waals surface area contributed by atoms with E-state index < -0.39 is 17.5 Å². The Kier molecular flexibility index (Phi) is 3.26. The second-order valence-electron chi connectivity index (χ2n) is 5.41. The topological polar surface area (TPSA) is 70.6 Å². The summed E-state index contributed by atoms with van der Waals surface area (Å²) < 4.78 is 18.9. The molecule has 1 aliphatic heterocycles. The SMILES string of the molecule is CC(C)(C)OC(=O)Nc1c(F)cc2c(c1O)CCN2. The van der Waals surface area contributed by atoms with Gasteiger partial charge in [-0.2, -0.15) is 0 Å². The molecule has 1 heterocycles. The maximum absolute atomic E-state index is 13.8. The Balaban J connectivity index is 2.24. The molecule has 0 unspecified atom stereocenters. The summed E-state index contributed by atoms with van der Waals surface area (Å²) in [6.07, 6.45) is -0.211. The molecule has 0 saturated heterocycles. The number of halogens is 1. The number of carbonyl (C=O) groups is 1. The van der Waals surface area contributed by atoms with E-state index in [1.165, 1.54) is 6.07 Å². The van der Waals surface area contributed by atoms with E-state index in [0.717, 1.165) is 0 Å². The zero-order chi connectivity index (χ0) is 14.2. The van der Waals surface area contributed by atoms with Gasteiger partial charge in [-0.25, -0.2) is 9.18 Å². The van der Waals surface area contributed by atoms with Crippen LogP contribution in [0.2, 0.25) is 0 Å². The normalized spacial score (nSPS) is 13.7. The van der Waals surface area contributed by atoms with Crippen LogP contribution in [0.1, 0.15) is 26.3 Å². The Labute approximate surface area is 110 Å². The van der Waals surface area contributed by atoms with Crippen molar-refractivity contribution in [2.24, 2.45) is 0 Å². The number of hydrogen-bond donors (Lipinski definition) is 3. The standard InChI is InChI=1S/C13H17FN2O3/c1-13(2,3)19-12(18)16-10-8(14)6-9-7(11(10)17)4-5-15-9/h6,15,17H,4-5H2,1-3H3,(H,16,18). The average Bonchev–Trinajstić information content (AvgIpc) is 2.69. The summed E-state index contributed by atoms with van der Waals surface area (Å²) in [4.78, 5) is 11.6. The fraction of sp³-hybridized carbons (Fsp3) is 0.462. The third-order valence-corrected chi connectivity index (χ3v) is 2.67. The number of benzene rings is 1. The lowest BCUT2D eigenvalue weighted by Gasteiger charge is -2.20. The van der Waals surface area contributed by atoms with Crippen molar-refractivity contribution in [2.45, 2.75) is 32.8 Å². The fourth-order valence-electron chi connectivity index (χ4n) is 1.94. The van der Waals surface area contributed by atoms with Crippen LogP contribution in [0.3, 0.4) is 0 Å². The molecule has 0 fully saturated rings. The van der Waals surface area contributed by atoms with Gasteiger partial charge in [-0.05, 0) is 33.3 Å². The van der Waals surface area contributed by atoms with Gasteiger partial charge in [0.25, 0.3) is 0 Å². The summed E-state index contributed by atoms with van der Waals surface area (Å²) in [6, 6.07) is 1.26. The fourth-order valence-corrected chi connectivity index (χ4v) is 1.94. The molecule has 0 atom stereocenters. The summed E-state index contributed by atoms with van der Waals surface area (Å²) in [5.74, 6) is -0.942. The summed E-state index contributed by atoms with van der Waals surface area (Å²) in [5, 5.41) is 15.2. The van der Waals surface area contributed by atoms with Gasteiger partial charge in [0, 0.05) is 17.8 Å². The highest BCUT2D eigenvalue weighted by molar-refractivity contribution is 5.89. The van der Waals surface area contributed by atoms with Gasteiger partial charge in [0.15, 0.2) is 5.82 Å². The van der Waals surface area contributed by atoms with Crippen molar-refractivity contribution < 1.29 is 19.0 Å². The molecule has 19 heavy (non-hydrogen) atoms. The number of rotatable bonds is 1. The number of carbonyl (C=O) groups excluding carboxylic acids is 1. The average molecular weight is 268 g/mol. The lowest BCUT2D eigenvalue weighted by atomic mass is 10.1. The quantitative estimate of drug-likeness (QED) is 0.685. The smallest absolute Gasteiger partial charge is 0.412 e. The monoisotopic (exact) mass is 268 g/mol. The molecule has 1 amide bonds. The Bertz CT molecular complexity index is 524. The number of nitrogens with one attached hydrogen (secondary N) is 2. The maximum Gasteiger partial charge on any atom is 0.412 e. The minimum absolute atomic E-state index is 0.239. The van der Waals surface area contributed by atoms with Crippen molar-refractivity contribution >= 4 is 17.5 Å². The molecule has 5 nitrogen and oxygen atoms in total. The van der Waals surface area contributed by atoms with Gasteiger partial charge in [0.05, 0.1) is 0 Å². The minimum atomic E-state index is -0.799. The van der Waals surface area contributed by atoms with E-state index in [0.29, 0.717) is 24.2 Å². The van der Waals surface area contributed by atoms with Crippen LogP contribution < -0.4 is 10.6 Å². The number of hydrogen-bond acceptors (Lipinski definition) is 4. The van der Waals surface area contributed by atoms with Gasteiger partial charge in [-0.3, -0.25) is 5.32 Å². The van der Waals surface area contributed by atoms with Crippen LogP contribution in [0.4, 0.5) is 20.6 Å². The number of phenolic OH excluding ortho intramolecular Hbond substituents is 1. The summed E-state index contributed by atoms with van der Waals surface area (Å²) >= 11 is 0. The minimum Gasteiger partial charge on any atom is -0.505 e. The highest BCUT2D eigenvalue weighted by Crippen LogP contribution is 2.39. The molecule has 2 rings (SSSR count). The Morgan fingerprint density at radius 1 is 1.53 bits per heavy atom. The number of fused-ring (bicyclic) bond motifs is 1. The molecule has 1 aromatic carbocycles. The molecule has 3 N–H and O–H groups in total. The highest BCUT2D eigenvalue weighted by atomic mass is 19.1. The predicted octanol–water partition coefficient (Wildman–Crippen LogP) is 2.85. The summed E-state index contributed by atoms with van der Waals surface area (Å²) in [6.45, 7) is 5.75. The molecule has 0 aliphatic carbocycles. The van der Waals surface area contributed by atoms with Gasteiger partial charge >= 0.3 is 6.09 Å². The number of ether oxygens (including phenoxy) is 1. The molecule has 0 spiro atoms. The third-order valence-electron chi connectivity index (χ3n) is 2.67. The van der Waals surface area contributed by atoms with Crippen LogP contribution in [0.15, 0.2) is 6.07 Å². The first-order valence-electron chi connectivity index (χ1n) is 6.06. The van der Waals surface area contributed by atoms with Crippen LogP contribution in [-0.2, 0) is 11.2 Å². The summed E-state index contributed by atoms with van der Waals surface area (Å²) in [7, 11) is 0. The number of aromatic hydroxyl groups is 1.